The summed E-state index contributed by atoms with van der Waals surface area (Å²) < 4.78 is 2.31. The van der Waals surface area contributed by atoms with E-state index in [1.54, 1.807) is 0 Å². The number of carbonyl (C=O) groups excluding carboxylic acids is 1. The van der Waals surface area contributed by atoms with Crippen LogP contribution in [0.4, 0.5) is 0 Å². The van der Waals surface area contributed by atoms with Gasteiger partial charge in [-0.3, -0.25) is 4.79 Å². The van der Waals surface area contributed by atoms with E-state index in [0.29, 0.717) is 18.4 Å². The van der Waals surface area contributed by atoms with E-state index in [0.717, 1.165) is 25.9 Å². The van der Waals surface area contributed by atoms with E-state index in [2.05, 4.69) is 30.3 Å². The molecule has 2 heterocycles. The molecule has 1 aliphatic rings. The fraction of sp³-hybridized carbons (Fsp3) is 0.733. The highest BCUT2D eigenvalue weighted by Crippen LogP contribution is 2.23. The number of aryl methyl sites for hydroxylation is 1. The molecular weight excluding hydrogens is 238 g/mol. The fourth-order valence-electron chi connectivity index (χ4n) is 3.06. The molecule has 106 valence electrons. The molecule has 0 aromatic carbocycles. The lowest BCUT2D eigenvalue weighted by atomic mass is 10.0. The first-order chi connectivity index (χ1) is 9.02. The number of carbonyl (C=O) groups is 1. The number of aromatic nitrogens is 2. The van der Waals surface area contributed by atoms with Crippen molar-refractivity contribution in [2.45, 2.75) is 53.0 Å². The first kappa shape index (κ1) is 14.1. The average molecular weight is 263 g/mol. The van der Waals surface area contributed by atoms with Gasteiger partial charge in [0.05, 0.1) is 0 Å². The standard InChI is InChI=1S/C15H25N3O/c1-5-15(19)17-7-6-13(10-17)8-14-16-9-12(4)18(14)11(2)3/h9,11,13H,5-8,10H2,1-4H3. The van der Waals surface area contributed by atoms with Gasteiger partial charge in [-0.25, -0.2) is 4.98 Å². The Balaban J connectivity index is 2.01. The van der Waals surface area contributed by atoms with Crippen LogP contribution in [0.3, 0.4) is 0 Å². The summed E-state index contributed by atoms with van der Waals surface area (Å²) >= 11 is 0. The molecule has 0 N–H and O–H groups in total. The highest BCUT2D eigenvalue weighted by Gasteiger charge is 2.26. The molecule has 1 aromatic heterocycles. The molecule has 0 bridgehead atoms. The summed E-state index contributed by atoms with van der Waals surface area (Å²) in [5.74, 6) is 2.02. The van der Waals surface area contributed by atoms with Gasteiger partial charge in [-0.05, 0) is 33.1 Å². The second kappa shape index (κ2) is 5.76. The molecule has 19 heavy (non-hydrogen) atoms. The van der Waals surface area contributed by atoms with Gasteiger partial charge < -0.3 is 9.47 Å². The molecule has 1 atom stereocenters. The quantitative estimate of drug-likeness (QED) is 0.837. The molecule has 1 saturated heterocycles. The Labute approximate surface area is 115 Å². The van der Waals surface area contributed by atoms with Gasteiger partial charge >= 0.3 is 0 Å². The zero-order valence-corrected chi connectivity index (χ0v) is 12.5. The maximum Gasteiger partial charge on any atom is 0.222 e. The molecule has 0 aliphatic carbocycles. The van der Waals surface area contributed by atoms with Crippen molar-refractivity contribution >= 4 is 5.91 Å². The van der Waals surface area contributed by atoms with Crippen molar-refractivity contribution in [3.8, 4) is 0 Å². The topological polar surface area (TPSA) is 38.1 Å². The Hall–Kier alpha value is -1.32. The molecule has 1 unspecified atom stereocenters. The molecular formula is C15H25N3O. The molecule has 1 amide bonds. The van der Waals surface area contributed by atoms with E-state index in [1.807, 2.05) is 18.0 Å². The summed E-state index contributed by atoms with van der Waals surface area (Å²) in [4.78, 5) is 18.2. The van der Waals surface area contributed by atoms with E-state index < -0.39 is 0 Å². The van der Waals surface area contributed by atoms with Gasteiger partial charge in [0, 0.05) is 43.9 Å². The third-order valence-corrected chi connectivity index (χ3v) is 3.99. The van der Waals surface area contributed by atoms with Gasteiger partial charge in [0.1, 0.15) is 5.82 Å². The first-order valence-electron chi connectivity index (χ1n) is 7.33. The molecule has 2 rings (SSSR count). The number of likely N-dealkylation sites (tertiary alicyclic amines) is 1. The van der Waals surface area contributed by atoms with E-state index in [9.17, 15) is 4.79 Å². The Morgan fingerprint density at radius 2 is 2.26 bits per heavy atom. The lowest BCUT2D eigenvalue weighted by molar-refractivity contribution is -0.129. The van der Waals surface area contributed by atoms with Crippen molar-refractivity contribution in [2.24, 2.45) is 5.92 Å². The fourth-order valence-corrected chi connectivity index (χ4v) is 3.06. The van der Waals surface area contributed by atoms with Crippen molar-refractivity contribution in [3.63, 3.8) is 0 Å². The third kappa shape index (κ3) is 2.99. The Morgan fingerprint density at radius 1 is 1.53 bits per heavy atom. The van der Waals surface area contributed by atoms with Crippen LogP contribution >= 0.6 is 0 Å². The van der Waals surface area contributed by atoms with E-state index in [4.69, 9.17) is 0 Å². The number of hydrogen-bond donors (Lipinski definition) is 0. The smallest absolute Gasteiger partial charge is 0.222 e. The number of nitrogens with zero attached hydrogens (tertiary/aromatic N) is 3. The largest absolute Gasteiger partial charge is 0.342 e. The molecule has 4 heteroatoms. The monoisotopic (exact) mass is 263 g/mol. The maximum atomic E-state index is 11.7. The zero-order valence-electron chi connectivity index (χ0n) is 12.5. The number of imidazole rings is 1. The van der Waals surface area contributed by atoms with Crippen LogP contribution in [0.25, 0.3) is 0 Å². The van der Waals surface area contributed by atoms with Crippen LogP contribution in [-0.4, -0.2) is 33.4 Å². The van der Waals surface area contributed by atoms with Crippen LogP contribution in [-0.2, 0) is 11.2 Å². The van der Waals surface area contributed by atoms with Crippen LogP contribution in [0.1, 0.15) is 51.2 Å². The van der Waals surface area contributed by atoms with Crippen LogP contribution in [0, 0.1) is 12.8 Å². The SMILES string of the molecule is CCC(=O)N1CCC(Cc2ncc(C)n2C(C)C)C1. The van der Waals surface area contributed by atoms with Crippen LogP contribution in [0.5, 0.6) is 0 Å². The Morgan fingerprint density at radius 3 is 2.89 bits per heavy atom. The van der Waals surface area contributed by atoms with Crippen LogP contribution in [0.2, 0.25) is 0 Å². The lowest BCUT2D eigenvalue weighted by Gasteiger charge is -2.17. The van der Waals surface area contributed by atoms with Crippen molar-refractivity contribution in [1.82, 2.24) is 14.5 Å². The normalized spacial score (nSPS) is 19.4. The van der Waals surface area contributed by atoms with Crippen molar-refractivity contribution in [2.75, 3.05) is 13.1 Å². The minimum Gasteiger partial charge on any atom is -0.342 e. The molecule has 0 spiro atoms. The third-order valence-electron chi connectivity index (χ3n) is 3.99. The number of amides is 1. The molecule has 0 saturated carbocycles. The van der Waals surface area contributed by atoms with Gasteiger partial charge in [0.25, 0.3) is 0 Å². The van der Waals surface area contributed by atoms with Crippen LogP contribution < -0.4 is 0 Å². The lowest BCUT2D eigenvalue weighted by Crippen LogP contribution is -2.28. The summed E-state index contributed by atoms with van der Waals surface area (Å²) in [5, 5.41) is 0. The van der Waals surface area contributed by atoms with Gasteiger partial charge in [-0.1, -0.05) is 6.92 Å². The predicted molar refractivity (Wildman–Crippen MR) is 76.0 cm³/mol. The van der Waals surface area contributed by atoms with E-state index >= 15 is 0 Å². The molecule has 1 aliphatic heterocycles. The summed E-state index contributed by atoms with van der Waals surface area (Å²) in [7, 11) is 0. The minimum atomic E-state index is 0.283. The van der Waals surface area contributed by atoms with Gasteiger partial charge in [0.2, 0.25) is 5.91 Å². The second-order valence-corrected chi connectivity index (χ2v) is 5.83. The first-order valence-corrected chi connectivity index (χ1v) is 7.33. The molecule has 1 aromatic rings. The van der Waals surface area contributed by atoms with E-state index in [1.165, 1.54) is 11.5 Å². The number of rotatable bonds is 4. The van der Waals surface area contributed by atoms with Gasteiger partial charge in [-0.15, -0.1) is 0 Å². The highest BCUT2D eigenvalue weighted by atomic mass is 16.2. The van der Waals surface area contributed by atoms with Gasteiger partial charge in [0.15, 0.2) is 0 Å². The van der Waals surface area contributed by atoms with Gasteiger partial charge in [-0.2, -0.15) is 0 Å². The average Bonchev–Trinajstić information content (AvgIpc) is 2.96. The molecule has 0 radical (unpaired) electrons. The second-order valence-electron chi connectivity index (χ2n) is 5.83. The Kier molecular flexibility index (Phi) is 4.27. The summed E-state index contributed by atoms with van der Waals surface area (Å²) in [6, 6.07) is 0.451. The summed E-state index contributed by atoms with van der Waals surface area (Å²) in [5.41, 5.74) is 1.23. The minimum absolute atomic E-state index is 0.283. The van der Waals surface area contributed by atoms with E-state index in [-0.39, 0.29) is 5.91 Å². The summed E-state index contributed by atoms with van der Waals surface area (Å²) in [6.45, 7) is 10.2. The zero-order chi connectivity index (χ0) is 14.0. The van der Waals surface area contributed by atoms with Crippen molar-refractivity contribution in [3.05, 3.63) is 17.7 Å². The Bertz CT molecular complexity index is 450. The maximum absolute atomic E-state index is 11.7. The predicted octanol–water partition coefficient (Wildman–Crippen LogP) is 2.57. The molecule has 4 nitrogen and oxygen atoms in total. The molecule has 1 fully saturated rings. The van der Waals surface area contributed by atoms with Crippen molar-refractivity contribution < 1.29 is 4.79 Å². The van der Waals surface area contributed by atoms with Crippen LogP contribution in [0.15, 0.2) is 6.20 Å². The summed E-state index contributed by atoms with van der Waals surface area (Å²) in [6.07, 6.45) is 4.67. The highest BCUT2D eigenvalue weighted by molar-refractivity contribution is 5.76. The van der Waals surface area contributed by atoms with Crippen molar-refractivity contribution in [1.29, 1.82) is 0 Å². The number of hydrogen-bond acceptors (Lipinski definition) is 2.